The third-order valence-corrected chi connectivity index (χ3v) is 6.10. The number of fused-ring (bicyclic) bond motifs is 1. The number of imidazole rings is 1. The van der Waals surface area contributed by atoms with Gasteiger partial charge < -0.3 is 14.2 Å². The molecule has 0 radical (unpaired) electrons. The van der Waals surface area contributed by atoms with Crippen LogP contribution in [0.1, 0.15) is 12.5 Å². The molecule has 3 heterocycles. The van der Waals surface area contributed by atoms with Gasteiger partial charge in [-0.2, -0.15) is 4.98 Å². The van der Waals surface area contributed by atoms with Crippen molar-refractivity contribution in [3.8, 4) is 0 Å². The van der Waals surface area contributed by atoms with Crippen LogP contribution in [0.5, 0.6) is 0 Å². The molecule has 1 saturated heterocycles. The maximum absolute atomic E-state index is 14.2. The van der Waals surface area contributed by atoms with Crippen molar-refractivity contribution < 1.29 is 9.13 Å². The Labute approximate surface area is 189 Å². The number of halogens is 2. The van der Waals surface area contributed by atoms with E-state index in [1.165, 1.54) is 10.6 Å². The van der Waals surface area contributed by atoms with E-state index in [1.54, 1.807) is 19.2 Å². The third-order valence-electron chi connectivity index (χ3n) is 5.75. The molecule has 1 fully saturated rings. The summed E-state index contributed by atoms with van der Waals surface area (Å²) in [6.07, 6.45) is 0. The molecule has 1 aliphatic rings. The normalized spacial score (nSPS) is 15.1. The number of nitrogens with zero attached hydrogens (tertiary/aromatic N) is 5. The van der Waals surface area contributed by atoms with E-state index >= 15 is 0 Å². The van der Waals surface area contributed by atoms with Crippen molar-refractivity contribution in [2.75, 3.05) is 44.3 Å². The SMILES string of the molecule is CCOCCn1c(N2CCN(Cc3c(F)cccc3Cl)CC2)nc2c1c(=O)[nH]c(=O)n2C. The molecule has 1 aromatic carbocycles. The Kier molecular flexibility index (Phi) is 6.63. The first-order chi connectivity index (χ1) is 15.4. The number of anilines is 1. The number of aryl methyl sites for hydroxylation is 1. The quantitative estimate of drug-likeness (QED) is 0.534. The number of piperazine rings is 1. The van der Waals surface area contributed by atoms with E-state index < -0.39 is 11.2 Å². The van der Waals surface area contributed by atoms with Crippen molar-refractivity contribution in [1.82, 2.24) is 24.0 Å². The van der Waals surface area contributed by atoms with Gasteiger partial charge >= 0.3 is 5.69 Å². The van der Waals surface area contributed by atoms with Crippen LogP contribution in [0, 0.1) is 5.82 Å². The molecule has 2 aromatic heterocycles. The van der Waals surface area contributed by atoms with Crippen LogP contribution in [-0.4, -0.2) is 63.4 Å². The van der Waals surface area contributed by atoms with Gasteiger partial charge in [-0.05, 0) is 19.1 Å². The average molecular weight is 465 g/mol. The molecule has 0 saturated carbocycles. The molecule has 32 heavy (non-hydrogen) atoms. The summed E-state index contributed by atoms with van der Waals surface area (Å²) in [5.41, 5.74) is 0.211. The van der Waals surface area contributed by atoms with Crippen molar-refractivity contribution in [2.45, 2.75) is 20.0 Å². The fraction of sp³-hybridized carbons (Fsp3) is 0.476. The number of nitrogens with one attached hydrogen (secondary N) is 1. The highest BCUT2D eigenvalue weighted by atomic mass is 35.5. The molecule has 0 atom stereocenters. The minimum Gasteiger partial charge on any atom is -0.380 e. The van der Waals surface area contributed by atoms with E-state index in [0.29, 0.717) is 80.2 Å². The molecule has 0 amide bonds. The lowest BCUT2D eigenvalue weighted by atomic mass is 10.2. The Balaban J connectivity index is 1.59. The van der Waals surface area contributed by atoms with Gasteiger partial charge in [0, 0.05) is 63.5 Å². The molecule has 0 unspecified atom stereocenters. The molecular formula is C21H26ClFN6O3. The van der Waals surface area contributed by atoms with Gasteiger partial charge in [0.05, 0.1) is 6.61 Å². The van der Waals surface area contributed by atoms with Crippen molar-refractivity contribution in [1.29, 1.82) is 0 Å². The highest BCUT2D eigenvalue weighted by Crippen LogP contribution is 2.24. The molecule has 0 aliphatic carbocycles. The summed E-state index contributed by atoms with van der Waals surface area (Å²) in [7, 11) is 1.58. The molecular weight excluding hydrogens is 439 g/mol. The highest BCUT2D eigenvalue weighted by molar-refractivity contribution is 6.31. The molecule has 1 N–H and O–H groups in total. The number of ether oxygens (including phenoxy) is 1. The maximum Gasteiger partial charge on any atom is 0.329 e. The van der Waals surface area contributed by atoms with Crippen LogP contribution in [0.4, 0.5) is 10.3 Å². The van der Waals surface area contributed by atoms with Crippen molar-refractivity contribution >= 4 is 28.7 Å². The first-order valence-corrected chi connectivity index (χ1v) is 11.0. The van der Waals surface area contributed by atoms with Crippen molar-refractivity contribution in [2.24, 2.45) is 7.05 Å². The summed E-state index contributed by atoms with van der Waals surface area (Å²) in [6.45, 7) is 6.37. The fourth-order valence-corrected chi connectivity index (χ4v) is 4.21. The third kappa shape index (κ3) is 4.30. The smallest absolute Gasteiger partial charge is 0.329 e. The van der Waals surface area contributed by atoms with E-state index in [-0.39, 0.29) is 5.82 Å². The molecule has 11 heteroatoms. The molecule has 3 aromatic rings. The summed E-state index contributed by atoms with van der Waals surface area (Å²) in [5.74, 6) is 0.313. The zero-order valence-corrected chi connectivity index (χ0v) is 18.9. The minimum atomic E-state index is -0.505. The van der Waals surface area contributed by atoms with Gasteiger partial charge in [0.2, 0.25) is 5.95 Å². The number of H-pyrrole nitrogens is 1. The number of hydrogen-bond acceptors (Lipinski definition) is 6. The molecule has 4 rings (SSSR count). The first kappa shape index (κ1) is 22.5. The predicted octanol–water partition coefficient (Wildman–Crippen LogP) is 1.57. The molecule has 9 nitrogen and oxygen atoms in total. The minimum absolute atomic E-state index is 0.308. The van der Waals surface area contributed by atoms with Crippen molar-refractivity contribution in [3.05, 3.63) is 55.4 Å². The van der Waals surface area contributed by atoms with Gasteiger partial charge in [-0.15, -0.1) is 0 Å². The molecule has 1 aliphatic heterocycles. The van der Waals surface area contributed by atoms with Gasteiger partial charge in [0.25, 0.3) is 5.56 Å². The Bertz CT molecular complexity index is 1210. The van der Waals surface area contributed by atoms with Crippen LogP contribution in [0.2, 0.25) is 5.02 Å². The van der Waals surface area contributed by atoms with E-state index in [9.17, 15) is 14.0 Å². The second kappa shape index (κ2) is 9.43. The molecule has 172 valence electrons. The van der Waals surface area contributed by atoms with Crippen LogP contribution in [0.25, 0.3) is 11.2 Å². The Morgan fingerprint density at radius 1 is 1.22 bits per heavy atom. The van der Waals surface area contributed by atoms with Crippen LogP contribution in [0.15, 0.2) is 27.8 Å². The lowest BCUT2D eigenvalue weighted by Gasteiger charge is -2.35. The predicted molar refractivity (Wildman–Crippen MR) is 121 cm³/mol. The molecule has 0 bridgehead atoms. The first-order valence-electron chi connectivity index (χ1n) is 10.6. The van der Waals surface area contributed by atoms with Gasteiger partial charge in [0.15, 0.2) is 11.2 Å². The second-order valence-electron chi connectivity index (χ2n) is 7.71. The van der Waals surface area contributed by atoms with E-state index in [0.717, 1.165) is 0 Å². The van der Waals surface area contributed by atoms with Gasteiger partial charge in [-0.1, -0.05) is 17.7 Å². The summed E-state index contributed by atoms with van der Waals surface area (Å²) in [6, 6.07) is 4.71. The highest BCUT2D eigenvalue weighted by Gasteiger charge is 2.25. The average Bonchev–Trinajstić information content (AvgIpc) is 3.16. The van der Waals surface area contributed by atoms with Crippen LogP contribution in [0.3, 0.4) is 0 Å². The lowest BCUT2D eigenvalue weighted by molar-refractivity contribution is 0.139. The largest absolute Gasteiger partial charge is 0.380 e. The Morgan fingerprint density at radius 3 is 2.66 bits per heavy atom. The number of aromatic nitrogens is 4. The lowest BCUT2D eigenvalue weighted by Crippen LogP contribution is -2.47. The summed E-state index contributed by atoms with van der Waals surface area (Å²) < 4.78 is 22.8. The fourth-order valence-electron chi connectivity index (χ4n) is 3.99. The zero-order valence-electron chi connectivity index (χ0n) is 18.1. The standard InChI is InChI=1S/C21H26ClFN6O3/c1-3-32-12-11-29-17-18(26(2)21(31)25-19(17)30)24-20(29)28-9-7-27(8-10-28)13-14-15(22)5-4-6-16(14)23/h4-6H,3,7-13H2,1-2H3,(H,25,30,31). The monoisotopic (exact) mass is 464 g/mol. The summed E-state index contributed by atoms with van der Waals surface area (Å²) in [4.78, 5) is 35.8. The van der Waals surface area contributed by atoms with Crippen LogP contribution in [-0.2, 0) is 24.9 Å². The van der Waals surface area contributed by atoms with Gasteiger partial charge in [-0.3, -0.25) is 19.2 Å². The van der Waals surface area contributed by atoms with E-state index in [1.807, 2.05) is 11.5 Å². The van der Waals surface area contributed by atoms with Crippen LogP contribution < -0.4 is 16.1 Å². The summed E-state index contributed by atoms with van der Waals surface area (Å²) in [5, 5.41) is 0.422. The Morgan fingerprint density at radius 2 is 1.97 bits per heavy atom. The maximum atomic E-state index is 14.2. The van der Waals surface area contributed by atoms with Crippen molar-refractivity contribution in [3.63, 3.8) is 0 Å². The van der Waals surface area contributed by atoms with Gasteiger partial charge in [0.1, 0.15) is 5.82 Å². The summed E-state index contributed by atoms with van der Waals surface area (Å²) >= 11 is 6.18. The zero-order chi connectivity index (χ0) is 22.8. The number of rotatable bonds is 7. The second-order valence-corrected chi connectivity index (χ2v) is 8.12. The van der Waals surface area contributed by atoms with E-state index in [2.05, 4.69) is 19.8 Å². The number of hydrogen-bond donors (Lipinski definition) is 1. The van der Waals surface area contributed by atoms with E-state index in [4.69, 9.17) is 16.3 Å². The molecule has 0 spiro atoms. The Hall–Kier alpha value is -2.69. The topological polar surface area (TPSA) is 88.4 Å². The van der Waals surface area contributed by atoms with Gasteiger partial charge in [-0.25, -0.2) is 9.18 Å². The van der Waals surface area contributed by atoms with Crippen LogP contribution >= 0.6 is 11.6 Å². The number of benzene rings is 1. The number of aromatic amines is 1.